The molecule has 3 aromatic carbocycles. The maximum atomic E-state index is 12.7. The Morgan fingerprint density at radius 3 is 2.39 bits per heavy atom. The Balaban J connectivity index is 1.28. The average molecular weight is 456 g/mol. The number of aromatic nitrogens is 1. The summed E-state index contributed by atoms with van der Waals surface area (Å²) in [5.41, 5.74) is 6.96. The van der Waals surface area contributed by atoms with Crippen LogP contribution >= 0.6 is 12.2 Å². The number of nitrogens with one attached hydrogen (secondary N) is 2. The van der Waals surface area contributed by atoms with Crippen molar-refractivity contribution >= 4 is 51.0 Å². The summed E-state index contributed by atoms with van der Waals surface area (Å²) in [6.07, 6.45) is 0. The smallest absolute Gasteiger partial charge is 0.293 e. The van der Waals surface area contributed by atoms with Crippen LogP contribution < -0.4 is 10.6 Å². The monoisotopic (exact) mass is 455 g/mol. The maximum Gasteiger partial charge on any atom is 0.293 e. The second-order valence-electron chi connectivity index (χ2n) is 7.96. The van der Waals surface area contributed by atoms with Crippen LogP contribution in [0.25, 0.3) is 33.5 Å². The largest absolute Gasteiger partial charge is 0.451 e. The van der Waals surface area contributed by atoms with Crippen molar-refractivity contribution < 1.29 is 13.6 Å². The molecule has 0 saturated carbocycles. The number of para-hydroxylation sites is 1. The van der Waals surface area contributed by atoms with Gasteiger partial charge in [-0.2, -0.15) is 0 Å². The topological polar surface area (TPSA) is 80.3 Å². The van der Waals surface area contributed by atoms with Gasteiger partial charge in [-0.3, -0.25) is 10.1 Å². The first-order valence-electron chi connectivity index (χ1n) is 10.5. The molecule has 0 unspecified atom stereocenters. The number of hydrogen-bond donors (Lipinski definition) is 2. The highest BCUT2D eigenvalue weighted by molar-refractivity contribution is 7.80. The molecule has 0 spiro atoms. The van der Waals surface area contributed by atoms with Gasteiger partial charge < -0.3 is 14.2 Å². The standard InChI is InChI=1S/C26H21N3O3S/c1-14-12-20-22(13-15(14)2)32-25(28-20)17-8-10-18(11-9-17)27-26(33)29-24(30)23-16(3)19-6-4-5-7-21(19)31-23/h4-13H,1-3H3,(H2,27,29,30,33). The quantitative estimate of drug-likeness (QED) is 0.311. The molecule has 0 aliphatic carbocycles. The molecule has 0 atom stereocenters. The highest BCUT2D eigenvalue weighted by Crippen LogP contribution is 2.27. The number of anilines is 1. The predicted octanol–water partition coefficient (Wildman–Crippen LogP) is 6.29. The molecule has 0 bridgehead atoms. The number of hydrogen-bond acceptors (Lipinski definition) is 5. The molecule has 2 heterocycles. The van der Waals surface area contributed by atoms with Gasteiger partial charge in [0.05, 0.1) is 0 Å². The number of amides is 1. The Morgan fingerprint density at radius 2 is 1.64 bits per heavy atom. The van der Waals surface area contributed by atoms with Crippen LogP contribution in [0.2, 0.25) is 0 Å². The molecule has 2 N–H and O–H groups in total. The number of nitrogens with zero attached hydrogens (tertiary/aromatic N) is 1. The number of thiocarbonyl (C=S) groups is 1. The van der Waals surface area contributed by atoms with E-state index in [1.165, 1.54) is 5.56 Å². The lowest BCUT2D eigenvalue weighted by molar-refractivity contribution is 0.0952. The summed E-state index contributed by atoms with van der Waals surface area (Å²) < 4.78 is 11.6. The van der Waals surface area contributed by atoms with Gasteiger partial charge in [-0.25, -0.2) is 4.98 Å². The molecule has 1 amide bonds. The Morgan fingerprint density at radius 1 is 0.909 bits per heavy atom. The van der Waals surface area contributed by atoms with Crippen LogP contribution in [0.5, 0.6) is 0 Å². The van der Waals surface area contributed by atoms with Crippen molar-refractivity contribution in [3.8, 4) is 11.5 Å². The zero-order valence-electron chi connectivity index (χ0n) is 18.4. The van der Waals surface area contributed by atoms with Crippen LogP contribution in [0.15, 0.2) is 69.5 Å². The fourth-order valence-corrected chi connectivity index (χ4v) is 3.92. The van der Waals surface area contributed by atoms with Crippen molar-refractivity contribution in [3.05, 3.63) is 83.1 Å². The Kier molecular flexibility index (Phi) is 5.18. The van der Waals surface area contributed by atoms with Gasteiger partial charge in [0.25, 0.3) is 5.91 Å². The summed E-state index contributed by atoms with van der Waals surface area (Å²) in [4.78, 5) is 17.2. The third-order valence-electron chi connectivity index (χ3n) is 5.67. The van der Waals surface area contributed by atoms with Gasteiger partial charge in [-0.05, 0) is 86.6 Å². The third kappa shape index (κ3) is 3.99. The summed E-state index contributed by atoms with van der Waals surface area (Å²) >= 11 is 5.31. The lowest BCUT2D eigenvalue weighted by Crippen LogP contribution is -2.34. The first-order valence-corrected chi connectivity index (χ1v) is 10.9. The molecule has 6 nitrogen and oxygen atoms in total. The lowest BCUT2D eigenvalue weighted by Gasteiger charge is -2.09. The zero-order chi connectivity index (χ0) is 23.1. The van der Waals surface area contributed by atoms with E-state index in [1.54, 1.807) is 0 Å². The van der Waals surface area contributed by atoms with Gasteiger partial charge in [0.15, 0.2) is 16.5 Å². The molecule has 164 valence electrons. The first kappa shape index (κ1) is 20.9. The van der Waals surface area contributed by atoms with E-state index in [1.807, 2.05) is 67.6 Å². The van der Waals surface area contributed by atoms with Crippen molar-refractivity contribution in [2.75, 3.05) is 5.32 Å². The van der Waals surface area contributed by atoms with E-state index >= 15 is 0 Å². The van der Waals surface area contributed by atoms with Crippen LogP contribution in [0.1, 0.15) is 27.2 Å². The van der Waals surface area contributed by atoms with E-state index in [4.69, 9.17) is 21.1 Å². The van der Waals surface area contributed by atoms with Crippen molar-refractivity contribution in [3.63, 3.8) is 0 Å². The number of rotatable bonds is 3. The molecule has 0 aliphatic heterocycles. The fraction of sp³-hybridized carbons (Fsp3) is 0.115. The molecule has 2 aromatic heterocycles. The van der Waals surface area contributed by atoms with Gasteiger partial charge in [0, 0.05) is 22.2 Å². The fourth-order valence-electron chi connectivity index (χ4n) is 3.71. The van der Waals surface area contributed by atoms with Crippen LogP contribution in [-0.2, 0) is 0 Å². The highest BCUT2D eigenvalue weighted by Gasteiger charge is 2.18. The molecule has 5 aromatic rings. The van der Waals surface area contributed by atoms with Crippen LogP contribution in [-0.4, -0.2) is 16.0 Å². The Hall–Kier alpha value is -3.97. The third-order valence-corrected chi connectivity index (χ3v) is 5.87. The second-order valence-corrected chi connectivity index (χ2v) is 8.37. The van der Waals surface area contributed by atoms with Gasteiger partial charge in [0.2, 0.25) is 5.89 Å². The molecule has 5 rings (SSSR count). The molecule has 0 fully saturated rings. The number of carbonyl (C=O) groups excluding carboxylic acids is 1. The van der Waals surface area contributed by atoms with Crippen molar-refractivity contribution in [1.29, 1.82) is 0 Å². The van der Waals surface area contributed by atoms with Crippen molar-refractivity contribution in [2.24, 2.45) is 0 Å². The van der Waals surface area contributed by atoms with E-state index in [0.717, 1.165) is 38.9 Å². The number of oxazole rings is 1. The summed E-state index contributed by atoms with van der Waals surface area (Å²) in [6, 6.07) is 19.0. The van der Waals surface area contributed by atoms with E-state index in [-0.39, 0.29) is 10.9 Å². The number of carbonyl (C=O) groups is 1. The molecule has 0 radical (unpaired) electrons. The molecular weight excluding hydrogens is 434 g/mol. The minimum Gasteiger partial charge on any atom is -0.451 e. The average Bonchev–Trinajstić information content (AvgIpc) is 3.35. The SMILES string of the molecule is Cc1cc2nc(-c3ccc(NC(=S)NC(=O)c4oc5ccccc5c4C)cc3)oc2cc1C. The van der Waals surface area contributed by atoms with E-state index < -0.39 is 5.91 Å². The summed E-state index contributed by atoms with van der Waals surface area (Å²) in [6.45, 7) is 5.96. The first-order chi connectivity index (χ1) is 15.9. The molecule has 0 aliphatic rings. The van der Waals surface area contributed by atoms with Crippen LogP contribution in [0.3, 0.4) is 0 Å². The molecule has 7 heteroatoms. The van der Waals surface area contributed by atoms with Crippen LogP contribution in [0, 0.1) is 20.8 Å². The van der Waals surface area contributed by atoms with E-state index in [2.05, 4.69) is 29.5 Å². The van der Waals surface area contributed by atoms with Gasteiger partial charge in [-0.15, -0.1) is 0 Å². The van der Waals surface area contributed by atoms with Gasteiger partial charge in [0.1, 0.15) is 11.1 Å². The number of benzene rings is 3. The number of furan rings is 1. The highest BCUT2D eigenvalue weighted by atomic mass is 32.1. The second kappa shape index (κ2) is 8.18. The van der Waals surface area contributed by atoms with Crippen molar-refractivity contribution in [2.45, 2.75) is 20.8 Å². The van der Waals surface area contributed by atoms with Gasteiger partial charge >= 0.3 is 0 Å². The zero-order valence-corrected chi connectivity index (χ0v) is 19.2. The molecule has 33 heavy (non-hydrogen) atoms. The molecule has 0 saturated heterocycles. The Bertz CT molecular complexity index is 1490. The van der Waals surface area contributed by atoms with Crippen molar-refractivity contribution in [1.82, 2.24) is 10.3 Å². The summed E-state index contributed by atoms with van der Waals surface area (Å²) in [5, 5.41) is 6.79. The van der Waals surface area contributed by atoms with Crippen LogP contribution in [0.4, 0.5) is 5.69 Å². The number of aryl methyl sites for hydroxylation is 3. The molecular formula is C26H21N3O3S. The van der Waals surface area contributed by atoms with Gasteiger partial charge in [-0.1, -0.05) is 18.2 Å². The lowest BCUT2D eigenvalue weighted by atomic mass is 10.1. The summed E-state index contributed by atoms with van der Waals surface area (Å²) in [7, 11) is 0. The van der Waals surface area contributed by atoms with E-state index in [0.29, 0.717) is 11.5 Å². The predicted molar refractivity (Wildman–Crippen MR) is 134 cm³/mol. The van der Waals surface area contributed by atoms with E-state index in [9.17, 15) is 4.79 Å². The normalized spacial score (nSPS) is 11.1. The summed E-state index contributed by atoms with van der Waals surface area (Å²) in [5.74, 6) is 0.407. The Labute approximate surface area is 195 Å². The number of fused-ring (bicyclic) bond motifs is 2. The maximum absolute atomic E-state index is 12.7. The minimum absolute atomic E-state index is 0.181. The minimum atomic E-state index is -0.394.